The molecule has 10 aromatic rings. The first-order chi connectivity index (χ1) is 26.7. The van der Waals surface area contributed by atoms with E-state index >= 15 is 0 Å². The molecule has 0 radical (unpaired) electrons. The van der Waals surface area contributed by atoms with Crippen LogP contribution in [0.25, 0.3) is 99.9 Å². The molecule has 0 unspecified atom stereocenters. The highest BCUT2D eigenvalue weighted by molar-refractivity contribution is 6.25. The fraction of sp³-hybridized carbons (Fsp3) is 0. The number of fused-ring (bicyclic) bond motifs is 6. The lowest BCUT2D eigenvalue weighted by Gasteiger charge is -2.14. The van der Waals surface area contributed by atoms with Crippen molar-refractivity contribution in [2.24, 2.45) is 0 Å². The third-order valence-corrected chi connectivity index (χ3v) is 10.3. The monoisotopic (exact) mass is 687 g/mol. The minimum absolute atomic E-state index is 0.627. The van der Waals surface area contributed by atoms with Crippen LogP contribution >= 0.6 is 0 Å². The Bertz CT molecular complexity index is 2920. The van der Waals surface area contributed by atoms with Gasteiger partial charge in [0.05, 0.1) is 0 Å². The zero-order chi connectivity index (χ0) is 35.8. The number of hydrogen-bond acceptors (Lipinski definition) is 3. The number of rotatable bonds is 6. The van der Waals surface area contributed by atoms with Crippen molar-refractivity contribution in [3.8, 4) is 67.5 Å². The van der Waals surface area contributed by atoms with E-state index in [1.54, 1.807) is 0 Å². The predicted molar refractivity (Wildman–Crippen MR) is 225 cm³/mol. The molecule has 10 rings (SSSR count). The third-order valence-electron chi connectivity index (χ3n) is 10.3. The van der Waals surface area contributed by atoms with E-state index in [4.69, 9.17) is 15.0 Å². The van der Waals surface area contributed by atoms with Gasteiger partial charge in [-0.25, -0.2) is 15.0 Å². The van der Waals surface area contributed by atoms with Crippen molar-refractivity contribution in [3.63, 3.8) is 0 Å². The van der Waals surface area contributed by atoms with Crippen LogP contribution in [0.3, 0.4) is 0 Å². The summed E-state index contributed by atoms with van der Waals surface area (Å²) in [5.74, 6) is 1.90. The van der Waals surface area contributed by atoms with Crippen molar-refractivity contribution in [1.82, 2.24) is 15.0 Å². The van der Waals surface area contributed by atoms with Crippen molar-refractivity contribution < 1.29 is 0 Å². The summed E-state index contributed by atoms with van der Waals surface area (Å²) >= 11 is 0. The maximum absolute atomic E-state index is 5.25. The Balaban J connectivity index is 1.17. The predicted octanol–water partition coefficient (Wildman–Crippen LogP) is 13.3. The van der Waals surface area contributed by atoms with Gasteiger partial charge in [-0.05, 0) is 90.0 Å². The summed E-state index contributed by atoms with van der Waals surface area (Å²) in [5.41, 5.74) is 9.65. The Hall–Kier alpha value is -7.23. The Morgan fingerprint density at radius 2 is 0.500 bits per heavy atom. The molecule has 3 heteroatoms. The van der Waals surface area contributed by atoms with Crippen LogP contribution in [-0.2, 0) is 0 Å². The second-order valence-corrected chi connectivity index (χ2v) is 13.6. The average molecular weight is 688 g/mol. The number of nitrogens with zero attached hydrogens (tertiary/aromatic N) is 3. The minimum atomic E-state index is 0.627. The minimum Gasteiger partial charge on any atom is -0.208 e. The van der Waals surface area contributed by atoms with Crippen LogP contribution in [0.4, 0.5) is 0 Å². The summed E-state index contributed by atoms with van der Waals surface area (Å²) in [6.45, 7) is 0. The van der Waals surface area contributed by atoms with Crippen molar-refractivity contribution in [3.05, 3.63) is 200 Å². The fourth-order valence-corrected chi connectivity index (χ4v) is 7.60. The van der Waals surface area contributed by atoms with E-state index in [2.05, 4.69) is 176 Å². The van der Waals surface area contributed by atoms with E-state index in [-0.39, 0.29) is 0 Å². The Morgan fingerprint density at radius 3 is 1.02 bits per heavy atom. The quantitative estimate of drug-likeness (QED) is 0.163. The molecule has 0 aliphatic heterocycles. The molecule has 1 heterocycles. The second-order valence-electron chi connectivity index (χ2n) is 13.6. The zero-order valence-electron chi connectivity index (χ0n) is 29.4. The highest BCUT2D eigenvalue weighted by atomic mass is 15.0. The van der Waals surface area contributed by atoms with Gasteiger partial charge in [0.2, 0.25) is 0 Å². The van der Waals surface area contributed by atoms with Gasteiger partial charge in [-0.3, -0.25) is 0 Å². The largest absolute Gasteiger partial charge is 0.208 e. The molecule has 54 heavy (non-hydrogen) atoms. The van der Waals surface area contributed by atoms with E-state index in [0.717, 1.165) is 38.9 Å². The Kier molecular flexibility index (Phi) is 7.81. The fourth-order valence-electron chi connectivity index (χ4n) is 7.60. The molecule has 9 aromatic carbocycles. The molecule has 252 valence electrons. The SMILES string of the molecule is c1ccc(-c2ccc(-c3cc(-c4ccccc4)cc(-c4nc(-c5ccccc5)nc(-c5ccc6c7ccccc7c7ccccc7c6c5)n4)c3)cc2)cc1. The van der Waals surface area contributed by atoms with Gasteiger partial charge in [0.1, 0.15) is 0 Å². The van der Waals surface area contributed by atoms with Crippen LogP contribution in [0, 0.1) is 0 Å². The zero-order valence-corrected chi connectivity index (χ0v) is 29.4. The van der Waals surface area contributed by atoms with Gasteiger partial charge in [0, 0.05) is 16.7 Å². The maximum atomic E-state index is 5.25. The Morgan fingerprint density at radius 1 is 0.185 bits per heavy atom. The molecule has 0 bridgehead atoms. The highest BCUT2D eigenvalue weighted by Crippen LogP contribution is 2.38. The van der Waals surface area contributed by atoms with E-state index in [0.29, 0.717) is 17.5 Å². The molecule has 3 nitrogen and oxygen atoms in total. The van der Waals surface area contributed by atoms with Gasteiger partial charge in [-0.1, -0.05) is 176 Å². The van der Waals surface area contributed by atoms with Crippen LogP contribution in [0.5, 0.6) is 0 Å². The van der Waals surface area contributed by atoms with Crippen molar-refractivity contribution >= 4 is 32.3 Å². The molecule has 0 aliphatic rings. The maximum Gasteiger partial charge on any atom is 0.164 e. The first-order valence-electron chi connectivity index (χ1n) is 18.3. The molecular formula is C51H33N3. The molecule has 0 N–H and O–H groups in total. The van der Waals surface area contributed by atoms with Crippen LogP contribution < -0.4 is 0 Å². The van der Waals surface area contributed by atoms with Crippen molar-refractivity contribution in [2.45, 2.75) is 0 Å². The molecule has 0 fully saturated rings. The molecule has 1 aromatic heterocycles. The van der Waals surface area contributed by atoms with Crippen molar-refractivity contribution in [1.29, 1.82) is 0 Å². The van der Waals surface area contributed by atoms with Gasteiger partial charge in [0.25, 0.3) is 0 Å². The molecule has 0 saturated carbocycles. The van der Waals surface area contributed by atoms with E-state index in [1.165, 1.54) is 43.4 Å². The lowest BCUT2D eigenvalue weighted by atomic mass is 9.93. The van der Waals surface area contributed by atoms with Crippen molar-refractivity contribution in [2.75, 3.05) is 0 Å². The summed E-state index contributed by atoms with van der Waals surface area (Å²) in [7, 11) is 0. The first-order valence-corrected chi connectivity index (χ1v) is 18.3. The molecular weight excluding hydrogens is 655 g/mol. The topological polar surface area (TPSA) is 38.7 Å². The number of aromatic nitrogens is 3. The lowest BCUT2D eigenvalue weighted by molar-refractivity contribution is 1.07. The van der Waals surface area contributed by atoms with Gasteiger partial charge in [0.15, 0.2) is 17.5 Å². The third kappa shape index (κ3) is 5.78. The summed E-state index contributed by atoms with van der Waals surface area (Å²) in [5, 5.41) is 7.33. The Labute approximate surface area is 313 Å². The highest BCUT2D eigenvalue weighted by Gasteiger charge is 2.17. The molecule has 0 spiro atoms. The van der Waals surface area contributed by atoms with Crippen LogP contribution in [-0.4, -0.2) is 15.0 Å². The van der Waals surface area contributed by atoms with E-state index in [1.807, 2.05) is 24.3 Å². The van der Waals surface area contributed by atoms with Crippen LogP contribution in [0.15, 0.2) is 200 Å². The smallest absolute Gasteiger partial charge is 0.164 e. The first kappa shape index (κ1) is 31.5. The summed E-state index contributed by atoms with van der Waals surface area (Å²) in [4.78, 5) is 15.5. The standard InChI is InChI=1S/C51H33N3/c1-4-14-34(15-5-1)36-24-26-37(27-25-36)41-30-40(35-16-6-2-7-17-35)31-42(32-41)51-53-49(38-18-8-3-9-19-38)52-50(54-51)39-28-29-47-45-22-11-10-20-43(45)44-21-12-13-23-46(44)48(47)33-39/h1-33H. The molecule has 0 saturated heterocycles. The average Bonchev–Trinajstić information content (AvgIpc) is 3.27. The van der Waals surface area contributed by atoms with Crippen LogP contribution in [0.2, 0.25) is 0 Å². The molecule has 0 aliphatic carbocycles. The summed E-state index contributed by atoms with van der Waals surface area (Å²) < 4.78 is 0. The molecule has 0 amide bonds. The molecule has 0 atom stereocenters. The summed E-state index contributed by atoms with van der Waals surface area (Å²) in [6, 6.07) is 70.6. The van der Waals surface area contributed by atoms with Crippen LogP contribution in [0.1, 0.15) is 0 Å². The lowest BCUT2D eigenvalue weighted by Crippen LogP contribution is -2.00. The number of hydrogen-bond donors (Lipinski definition) is 0. The van der Waals surface area contributed by atoms with E-state index in [9.17, 15) is 0 Å². The normalized spacial score (nSPS) is 11.3. The summed E-state index contributed by atoms with van der Waals surface area (Å²) in [6.07, 6.45) is 0. The van der Waals surface area contributed by atoms with Gasteiger partial charge < -0.3 is 0 Å². The van der Waals surface area contributed by atoms with E-state index < -0.39 is 0 Å². The van der Waals surface area contributed by atoms with Gasteiger partial charge >= 0.3 is 0 Å². The second kappa shape index (κ2) is 13.4. The van der Waals surface area contributed by atoms with Gasteiger partial charge in [-0.15, -0.1) is 0 Å². The van der Waals surface area contributed by atoms with Gasteiger partial charge in [-0.2, -0.15) is 0 Å². The number of benzene rings is 9.